The number of benzene rings is 1. The summed E-state index contributed by atoms with van der Waals surface area (Å²) in [7, 11) is 0. The summed E-state index contributed by atoms with van der Waals surface area (Å²) >= 11 is 0. The number of carbonyl (C=O) groups excluding carboxylic acids is 1. The Morgan fingerprint density at radius 1 is 1.44 bits per heavy atom. The summed E-state index contributed by atoms with van der Waals surface area (Å²) in [5.41, 5.74) is 1.25. The lowest BCUT2D eigenvalue weighted by atomic mass is 10.0. The van der Waals surface area contributed by atoms with E-state index in [9.17, 15) is 9.90 Å². The zero-order chi connectivity index (χ0) is 13.1. The monoisotopic (exact) mass is 242 g/mol. The molecule has 2 rings (SSSR count). The normalized spacial score (nSPS) is 13.7. The fraction of sp³-hybridized carbons (Fsp3) is 0.286. The second-order valence-electron chi connectivity index (χ2n) is 4.18. The van der Waals surface area contributed by atoms with Gasteiger partial charge in [0.05, 0.1) is 5.56 Å². The summed E-state index contributed by atoms with van der Waals surface area (Å²) in [6.07, 6.45) is 4.45. The van der Waals surface area contributed by atoms with Crippen LogP contribution in [0.2, 0.25) is 0 Å². The summed E-state index contributed by atoms with van der Waals surface area (Å²) in [6, 6.07) is 5.04. The third kappa shape index (κ3) is 2.07. The van der Waals surface area contributed by atoms with Crippen LogP contribution >= 0.6 is 0 Å². The Bertz CT molecular complexity index is 548. The van der Waals surface area contributed by atoms with Crippen LogP contribution in [0.1, 0.15) is 28.4 Å². The lowest BCUT2D eigenvalue weighted by molar-refractivity contribution is 0.0800. The van der Waals surface area contributed by atoms with E-state index in [-0.39, 0.29) is 17.2 Å². The van der Waals surface area contributed by atoms with Gasteiger partial charge in [-0.2, -0.15) is 5.26 Å². The molecule has 1 amide bonds. The van der Waals surface area contributed by atoms with Crippen molar-refractivity contribution < 1.29 is 9.90 Å². The van der Waals surface area contributed by atoms with Crippen LogP contribution < -0.4 is 0 Å². The number of aryl methyl sites for hydroxylation is 1. The molecule has 0 spiro atoms. The molecule has 92 valence electrons. The molecular weight excluding hydrogens is 228 g/mol. The van der Waals surface area contributed by atoms with Gasteiger partial charge < -0.3 is 10.0 Å². The first kappa shape index (κ1) is 12.2. The highest BCUT2D eigenvalue weighted by Gasteiger charge is 2.19. The molecule has 1 aromatic rings. The highest BCUT2D eigenvalue weighted by Crippen LogP contribution is 2.25. The number of nitriles is 1. The van der Waals surface area contributed by atoms with E-state index in [4.69, 9.17) is 5.26 Å². The highest BCUT2D eigenvalue weighted by molar-refractivity contribution is 5.95. The Kier molecular flexibility index (Phi) is 3.33. The van der Waals surface area contributed by atoms with Gasteiger partial charge in [0.2, 0.25) is 0 Å². The molecule has 0 unspecified atom stereocenters. The predicted molar refractivity (Wildman–Crippen MR) is 67.2 cm³/mol. The van der Waals surface area contributed by atoms with Crippen LogP contribution in [-0.2, 0) is 6.42 Å². The van der Waals surface area contributed by atoms with E-state index >= 15 is 0 Å². The van der Waals surface area contributed by atoms with Gasteiger partial charge in [0.1, 0.15) is 11.8 Å². The van der Waals surface area contributed by atoms with E-state index in [1.807, 2.05) is 25.1 Å². The van der Waals surface area contributed by atoms with Gasteiger partial charge in [-0.1, -0.05) is 19.1 Å². The Balaban J connectivity index is 2.39. The molecule has 1 aliphatic heterocycles. The van der Waals surface area contributed by atoms with E-state index in [0.717, 1.165) is 0 Å². The summed E-state index contributed by atoms with van der Waals surface area (Å²) < 4.78 is 0. The molecule has 1 aliphatic rings. The van der Waals surface area contributed by atoms with Crippen LogP contribution in [0.4, 0.5) is 0 Å². The molecule has 0 saturated carbocycles. The lowest BCUT2D eigenvalue weighted by Gasteiger charge is -2.16. The average Bonchev–Trinajstić information content (AvgIpc) is 2.92. The van der Waals surface area contributed by atoms with Crippen molar-refractivity contribution in [1.82, 2.24) is 4.90 Å². The van der Waals surface area contributed by atoms with Gasteiger partial charge in [-0.05, 0) is 24.1 Å². The van der Waals surface area contributed by atoms with Crippen molar-refractivity contribution >= 4 is 5.91 Å². The summed E-state index contributed by atoms with van der Waals surface area (Å²) in [6.45, 7) is 3.08. The standard InChI is InChI=1S/C14H14N2O2/c1-2-10-7-11(8-12(9-15)13(10)17)14(18)16-5-3-4-6-16/h3-4,7-8,17H,2,5-6H2,1H3. The fourth-order valence-corrected chi connectivity index (χ4v) is 2.00. The Morgan fingerprint density at radius 3 is 2.67 bits per heavy atom. The third-order valence-electron chi connectivity index (χ3n) is 3.04. The molecule has 1 heterocycles. The average molecular weight is 242 g/mol. The Hall–Kier alpha value is -2.28. The van der Waals surface area contributed by atoms with Crippen LogP contribution in [0.25, 0.3) is 0 Å². The quantitative estimate of drug-likeness (QED) is 0.805. The second kappa shape index (κ2) is 4.92. The van der Waals surface area contributed by atoms with Gasteiger partial charge in [-0.3, -0.25) is 4.79 Å². The van der Waals surface area contributed by atoms with Gasteiger partial charge in [0.15, 0.2) is 0 Å². The van der Waals surface area contributed by atoms with E-state index in [1.54, 1.807) is 11.0 Å². The lowest BCUT2D eigenvalue weighted by Crippen LogP contribution is -2.28. The number of aromatic hydroxyl groups is 1. The van der Waals surface area contributed by atoms with Gasteiger partial charge >= 0.3 is 0 Å². The number of carbonyl (C=O) groups is 1. The van der Waals surface area contributed by atoms with Crippen LogP contribution in [0.5, 0.6) is 5.75 Å². The minimum Gasteiger partial charge on any atom is -0.506 e. The molecular formula is C14H14N2O2. The van der Waals surface area contributed by atoms with E-state index in [2.05, 4.69) is 0 Å². The minimum atomic E-state index is -0.105. The van der Waals surface area contributed by atoms with Crippen molar-refractivity contribution in [3.63, 3.8) is 0 Å². The van der Waals surface area contributed by atoms with E-state index < -0.39 is 0 Å². The number of phenols is 1. The molecule has 4 heteroatoms. The van der Waals surface area contributed by atoms with Gasteiger partial charge in [-0.15, -0.1) is 0 Å². The van der Waals surface area contributed by atoms with Crippen molar-refractivity contribution in [2.45, 2.75) is 13.3 Å². The maximum atomic E-state index is 12.2. The van der Waals surface area contributed by atoms with E-state index in [1.165, 1.54) is 6.07 Å². The van der Waals surface area contributed by atoms with Gasteiger partial charge in [0, 0.05) is 18.7 Å². The zero-order valence-electron chi connectivity index (χ0n) is 10.2. The molecule has 0 saturated heterocycles. The summed E-state index contributed by atoms with van der Waals surface area (Å²) in [4.78, 5) is 13.9. The van der Waals surface area contributed by atoms with Crippen molar-refractivity contribution in [3.05, 3.63) is 41.0 Å². The van der Waals surface area contributed by atoms with Crippen LogP contribution in [0.3, 0.4) is 0 Å². The first-order valence-corrected chi connectivity index (χ1v) is 5.87. The Morgan fingerprint density at radius 2 is 2.11 bits per heavy atom. The predicted octanol–water partition coefficient (Wildman–Crippen LogP) is 1.84. The fourth-order valence-electron chi connectivity index (χ4n) is 2.00. The smallest absolute Gasteiger partial charge is 0.254 e. The van der Waals surface area contributed by atoms with Crippen molar-refractivity contribution in [2.75, 3.05) is 13.1 Å². The van der Waals surface area contributed by atoms with E-state index in [0.29, 0.717) is 30.6 Å². The molecule has 4 nitrogen and oxygen atoms in total. The molecule has 0 bridgehead atoms. The maximum Gasteiger partial charge on any atom is 0.254 e. The summed E-state index contributed by atoms with van der Waals surface area (Å²) in [5, 5.41) is 18.8. The first-order valence-electron chi connectivity index (χ1n) is 5.87. The molecule has 18 heavy (non-hydrogen) atoms. The Labute approximate surface area is 106 Å². The van der Waals surface area contributed by atoms with Crippen molar-refractivity contribution in [2.24, 2.45) is 0 Å². The van der Waals surface area contributed by atoms with Crippen LogP contribution in [0.15, 0.2) is 24.3 Å². The number of phenolic OH excluding ortho intramolecular Hbond substituents is 1. The van der Waals surface area contributed by atoms with Crippen LogP contribution in [0, 0.1) is 11.3 Å². The number of rotatable bonds is 2. The molecule has 0 radical (unpaired) electrons. The minimum absolute atomic E-state index is 0.0175. The second-order valence-corrected chi connectivity index (χ2v) is 4.18. The van der Waals surface area contributed by atoms with Crippen LogP contribution in [-0.4, -0.2) is 29.0 Å². The zero-order valence-corrected chi connectivity index (χ0v) is 10.2. The topological polar surface area (TPSA) is 64.3 Å². The maximum absolute atomic E-state index is 12.2. The molecule has 0 aliphatic carbocycles. The number of hydrogen-bond donors (Lipinski definition) is 1. The van der Waals surface area contributed by atoms with Gasteiger partial charge in [0.25, 0.3) is 5.91 Å². The van der Waals surface area contributed by atoms with Crippen molar-refractivity contribution in [1.29, 1.82) is 5.26 Å². The number of nitrogens with zero attached hydrogens (tertiary/aromatic N) is 2. The summed E-state index contributed by atoms with van der Waals surface area (Å²) in [5.74, 6) is -0.123. The number of amides is 1. The molecule has 0 aromatic heterocycles. The van der Waals surface area contributed by atoms with Gasteiger partial charge in [-0.25, -0.2) is 0 Å². The molecule has 0 fully saturated rings. The third-order valence-corrected chi connectivity index (χ3v) is 3.04. The first-order chi connectivity index (χ1) is 8.67. The molecule has 1 aromatic carbocycles. The van der Waals surface area contributed by atoms with Crippen molar-refractivity contribution in [3.8, 4) is 11.8 Å². The SMILES string of the molecule is CCc1cc(C(=O)N2CC=CC2)cc(C#N)c1O. The molecule has 1 N–H and O–H groups in total. The highest BCUT2D eigenvalue weighted by atomic mass is 16.3. The number of hydrogen-bond acceptors (Lipinski definition) is 3. The largest absolute Gasteiger partial charge is 0.506 e. The molecule has 0 atom stereocenters.